The summed E-state index contributed by atoms with van der Waals surface area (Å²) in [5.41, 5.74) is 7.25. The lowest BCUT2D eigenvalue weighted by Gasteiger charge is -2.46. The van der Waals surface area contributed by atoms with Crippen LogP contribution in [0.1, 0.15) is 88.6 Å². The fourth-order valence-corrected chi connectivity index (χ4v) is 11.4. The molecule has 11 rings (SSSR count). The van der Waals surface area contributed by atoms with Crippen molar-refractivity contribution in [2.24, 2.45) is 13.0 Å². The summed E-state index contributed by atoms with van der Waals surface area (Å²) in [6.45, 7) is 14.2. The minimum Gasteiger partial charge on any atom is -0.449 e. The first kappa shape index (κ1) is 48.2. The SMILES string of the molecule is C[C@@H]1CN(CC2CCN(c3nc([C@@](CNC(=O)OCC4c5ccccc5-c5ccccc54)(OC4CC4)c4ccccc4)c4cc(-c5cn(C)c(=O)c6[nH]ccc56)ccc4n3)CC2)[C@@H](C)CN1C(=O)OC(C)(C)C. The number of pyridine rings is 1. The zero-order valence-corrected chi connectivity index (χ0v) is 42.8. The number of nitrogens with one attached hydrogen (secondary N) is 2. The lowest BCUT2D eigenvalue weighted by Crippen LogP contribution is -2.59. The van der Waals surface area contributed by atoms with E-state index in [-0.39, 0.29) is 48.9 Å². The maximum Gasteiger partial charge on any atom is 0.410 e. The topological polar surface area (TPSA) is 147 Å². The number of aromatic amines is 1. The van der Waals surface area contributed by atoms with Crippen molar-refractivity contribution in [1.82, 2.24) is 34.6 Å². The number of hydrogen-bond donors (Lipinski definition) is 2. The third-order valence-electron chi connectivity index (χ3n) is 15.4. The number of nitrogens with zero attached hydrogens (tertiary/aromatic N) is 6. The van der Waals surface area contributed by atoms with Gasteiger partial charge in [-0.3, -0.25) is 9.69 Å². The molecule has 14 heteroatoms. The van der Waals surface area contributed by atoms with Crippen LogP contribution in [-0.2, 0) is 26.9 Å². The van der Waals surface area contributed by atoms with Crippen LogP contribution in [0.5, 0.6) is 0 Å². The van der Waals surface area contributed by atoms with Crippen LogP contribution in [0.15, 0.2) is 120 Å². The van der Waals surface area contributed by atoms with Gasteiger partial charge < -0.3 is 38.9 Å². The van der Waals surface area contributed by atoms with Gasteiger partial charge in [0.05, 0.1) is 23.9 Å². The van der Waals surface area contributed by atoms with Crippen LogP contribution < -0.4 is 15.8 Å². The lowest BCUT2D eigenvalue weighted by atomic mass is 9.86. The van der Waals surface area contributed by atoms with Crippen molar-refractivity contribution < 1.29 is 23.8 Å². The molecule has 1 saturated carbocycles. The molecule has 2 saturated heterocycles. The third kappa shape index (κ3) is 9.58. The number of alkyl carbamates (subject to hydrolysis) is 1. The number of benzene rings is 4. The zero-order valence-electron chi connectivity index (χ0n) is 42.8. The number of hydrogen-bond acceptors (Lipinski definition) is 10. The second kappa shape index (κ2) is 19.4. The Balaban J connectivity index is 0.923. The molecule has 4 aliphatic rings. The monoisotopic (exact) mass is 983 g/mol. The Morgan fingerprint density at radius 1 is 0.795 bits per heavy atom. The lowest BCUT2D eigenvalue weighted by molar-refractivity contribution is -0.0314. The van der Waals surface area contributed by atoms with Crippen molar-refractivity contribution in [1.29, 1.82) is 0 Å². The summed E-state index contributed by atoms with van der Waals surface area (Å²) in [7, 11) is 1.77. The van der Waals surface area contributed by atoms with E-state index in [0.717, 1.165) is 107 Å². The van der Waals surface area contributed by atoms with E-state index in [2.05, 4.69) is 82.5 Å². The molecule has 3 fully saturated rings. The first-order valence-corrected chi connectivity index (χ1v) is 26.0. The molecule has 0 spiro atoms. The van der Waals surface area contributed by atoms with Gasteiger partial charge in [-0.25, -0.2) is 19.6 Å². The molecule has 0 unspecified atom stereocenters. The number of ether oxygens (including phenoxy) is 3. The average Bonchev–Trinajstić information content (AvgIpc) is 3.96. The second-order valence-electron chi connectivity index (χ2n) is 21.7. The van der Waals surface area contributed by atoms with Gasteiger partial charge in [-0.05, 0) is 118 Å². The number of fused-ring (bicyclic) bond motifs is 5. The maximum absolute atomic E-state index is 14.2. The van der Waals surface area contributed by atoms with Crippen LogP contribution in [0, 0.1) is 5.92 Å². The first-order chi connectivity index (χ1) is 35.2. The van der Waals surface area contributed by atoms with Crippen LogP contribution in [0.2, 0.25) is 0 Å². The summed E-state index contributed by atoms with van der Waals surface area (Å²) in [5.74, 6) is 0.968. The largest absolute Gasteiger partial charge is 0.449 e. The average molecular weight is 983 g/mol. The summed E-state index contributed by atoms with van der Waals surface area (Å²) < 4.78 is 20.9. The van der Waals surface area contributed by atoms with Crippen molar-refractivity contribution in [2.45, 2.75) is 95.6 Å². The molecular weight excluding hydrogens is 917 g/mol. The Morgan fingerprint density at radius 3 is 2.19 bits per heavy atom. The van der Waals surface area contributed by atoms with Gasteiger partial charge in [0.15, 0.2) is 5.60 Å². The van der Waals surface area contributed by atoms with E-state index < -0.39 is 17.3 Å². The van der Waals surface area contributed by atoms with Crippen molar-refractivity contribution in [3.63, 3.8) is 0 Å². The van der Waals surface area contributed by atoms with Crippen LogP contribution in [0.4, 0.5) is 15.5 Å². The molecule has 14 nitrogen and oxygen atoms in total. The van der Waals surface area contributed by atoms with E-state index in [0.29, 0.717) is 29.6 Å². The fraction of sp³-hybridized carbons (Fsp3) is 0.407. The molecule has 2 N–H and O–H groups in total. The number of piperidine rings is 1. The number of piperazine rings is 1. The Morgan fingerprint density at radius 2 is 1.49 bits per heavy atom. The molecule has 5 heterocycles. The fourth-order valence-electron chi connectivity index (χ4n) is 11.4. The number of carbonyl (C=O) groups excluding carboxylic acids is 2. The van der Waals surface area contributed by atoms with Crippen molar-refractivity contribution >= 4 is 39.9 Å². The van der Waals surface area contributed by atoms with Crippen molar-refractivity contribution in [2.75, 3.05) is 50.8 Å². The number of H-pyrrole nitrogens is 1. The van der Waals surface area contributed by atoms with E-state index in [9.17, 15) is 14.4 Å². The van der Waals surface area contributed by atoms with Crippen LogP contribution >= 0.6 is 0 Å². The predicted molar refractivity (Wildman–Crippen MR) is 285 cm³/mol. The van der Waals surface area contributed by atoms with Gasteiger partial charge in [-0.15, -0.1) is 0 Å². The number of anilines is 1. The number of rotatable bonds is 12. The van der Waals surface area contributed by atoms with Gasteiger partial charge in [-0.1, -0.05) is 84.9 Å². The minimum atomic E-state index is -1.26. The highest BCUT2D eigenvalue weighted by atomic mass is 16.6. The molecule has 2 aliphatic carbocycles. The van der Waals surface area contributed by atoms with Gasteiger partial charge in [-0.2, -0.15) is 0 Å². The highest BCUT2D eigenvalue weighted by Gasteiger charge is 2.45. The zero-order chi connectivity index (χ0) is 50.6. The van der Waals surface area contributed by atoms with E-state index in [1.807, 2.05) is 86.5 Å². The van der Waals surface area contributed by atoms with Gasteiger partial charge in [0.1, 0.15) is 17.7 Å². The minimum absolute atomic E-state index is 0.0420. The van der Waals surface area contributed by atoms with E-state index in [1.165, 1.54) is 0 Å². The standard InChI is InChI=1S/C59H66N8O6/c1-37-32-67(57(70)73-58(3,4)5)38(2)31-66(37)33-39-25-28-65(29-26-39)55-62-51-23-20-40(49-34-64(6)54(68)52-47(49)24-27-60-52)30-48(51)53(63-55)59(72-42-21-22-42,41-14-8-7-9-15-41)36-61-56(69)71-35-50-45-18-12-10-16-43(45)44-17-11-13-19-46(44)50/h7-20,23-24,27,30,34,37-39,42,50,60H,21-22,25-26,28-29,31-33,35-36H2,1-6H3,(H,61,69)/t37-,38+,59-/m0/s1. The molecule has 7 aromatic rings. The summed E-state index contributed by atoms with van der Waals surface area (Å²) >= 11 is 0. The Labute approximate surface area is 426 Å². The quantitative estimate of drug-likeness (QED) is 0.121. The molecule has 4 aromatic carbocycles. The highest BCUT2D eigenvalue weighted by molar-refractivity contribution is 5.97. The highest BCUT2D eigenvalue weighted by Crippen LogP contribution is 2.46. The summed E-state index contributed by atoms with van der Waals surface area (Å²) in [5, 5.41) is 4.80. The molecule has 3 atom stereocenters. The number of amides is 2. The Kier molecular flexibility index (Phi) is 12.8. The van der Waals surface area contributed by atoms with Gasteiger partial charge in [0.25, 0.3) is 5.56 Å². The van der Waals surface area contributed by atoms with E-state index in [1.54, 1.807) is 17.8 Å². The maximum atomic E-state index is 14.2. The van der Waals surface area contributed by atoms with Gasteiger partial charge in [0, 0.05) is 86.5 Å². The van der Waals surface area contributed by atoms with Crippen LogP contribution in [-0.4, -0.2) is 111 Å². The molecule has 2 aliphatic heterocycles. The molecular formula is C59H66N8O6. The molecule has 0 radical (unpaired) electrons. The predicted octanol–water partition coefficient (Wildman–Crippen LogP) is 9.98. The van der Waals surface area contributed by atoms with Crippen LogP contribution in [0.25, 0.3) is 44.1 Å². The van der Waals surface area contributed by atoms with Crippen molar-refractivity contribution in [3.8, 4) is 22.3 Å². The first-order valence-electron chi connectivity index (χ1n) is 26.0. The third-order valence-corrected chi connectivity index (χ3v) is 15.4. The van der Waals surface area contributed by atoms with Crippen molar-refractivity contribution in [3.05, 3.63) is 148 Å². The molecule has 3 aromatic heterocycles. The van der Waals surface area contributed by atoms with Gasteiger partial charge >= 0.3 is 12.2 Å². The Bertz CT molecular complexity index is 3200. The second-order valence-corrected chi connectivity index (χ2v) is 21.7. The van der Waals surface area contributed by atoms with Crippen LogP contribution in [0.3, 0.4) is 0 Å². The summed E-state index contributed by atoms with van der Waals surface area (Å²) in [4.78, 5) is 61.4. The normalized spacial score (nSPS) is 19.4. The van der Waals surface area contributed by atoms with E-state index in [4.69, 9.17) is 24.2 Å². The summed E-state index contributed by atoms with van der Waals surface area (Å²) in [6, 6.07) is 35.2. The molecule has 2 amide bonds. The molecule has 73 heavy (non-hydrogen) atoms. The number of aromatic nitrogens is 4. The molecule has 0 bridgehead atoms. The smallest absolute Gasteiger partial charge is 0.410 e. The van der Waals surface area contributed by atoms with E-state index >= 15 is 0 Å². The Hall–Kier alpha value is -7.03. The number of carbonyl (C=O) groups is 2. The molecule has 378 valence electrons. The summed E-state index contributed by atoms with van der Waals surface area (Å²) in [6.07, 6.45) is 6.49. The number of aryl methyl sites for hydroxylation is 1. The van der Waals surface area contributed by atoms with Gasteiger partial charge in [0.2, 0.25) is 5.95 Å².